The summed E-state index contributed by atoms with van der Waals surface area (Å²) >= 11 is 0. The molecule has 0 unspecified atom stereocenters. The largest absolute Gasteiger partial charge is 0.495 e. The summed E-state index contributed by atoms with van der Waals surface area (Å²) in [7, 11) is -0.997. The zero-order valence-corrected chi connectivity index (χ0v) is 11.6. The van der Waals surface area contributed by atoms with E-state index >= 15 is 0 Å². The highest BCUT2D eigenvalue weighted by Crippen LogP contribution is 2.36. The van der Waals surface area contributed by atoms with E-state index in [0.29, 0.717) is 0 Å². The Morgan fingerprint density at radius 1 is 1.10 bits per heavy atom. The fraction of sp³-hybridized carbons (Fsp3) is 0.583. The summed E-state index contributed by atoms with van der Waals surface area (Å²) in [6.45, 7) is 7.13. The number of aromatic amines is 1. The van der Waals surface area contributed by atoms with Gasteiger partial charge >= 0.3 is 13.3 Å². The molecule has 0 spiro atoms. The van der Waals surface area contributed by atoms with Crippen molar-refractivity contribution in [3.8, 4) is 0 Å². The van der Waals surface area contributed by atoms with Crippen LogP contribution in [0.1, 0.15) is 33.4 Å². The van der Waals surface area contributed by atoms with Gasteiger partial charge in [-0.05, 0) is 39.2 Å². The number of hydrogen-bond donors (Lipinski definition) is 1. The van der Waals surface area contributed by atoms with Gasteiger partial charge in [0.25, 0.3) is 0 Å². The first-order valence-corrected chi connectivity index (χ1v) is 6.09. The summed E-state index contributed by atoms with van der Waals surface area (Å²) in [4.78, 5) is 13.1. The summed E-state index contributed by atoms with van der Waals surface area (Å²) in [5.41, 5.74) is -3.27. The number of rotatable bonds is 1. The van der Waals surface area contributed by atoms with E-state index in [2.05, 4.69) is 0 Å². The lowest BCUT2D eigenvalue weighted by Crippen LogP contribution is -2.41. The van der Waals surface area contributed by atoms with Crippen molar-refractivity contribution in [2.24, 2.45) is 0 Å². The van der Waals surface area contributed by atoms with Gasteiger partial charge in [-0.3, -0.25) is 4.79 Å². The van der Waals surface area contributed by atoms with Crippen LogP contribution in [0.25, 0.3) is 0 Å². The molecule has 0 amide bonds. The molecule has 0 atom stereocenters. The van der Waals surface area contributed by atoms with Crippen molar-refractivity contribution in [2.75, 3.05) is 0 Å². The van der Waals surface area contributed by atoms with Crippen LogP contribution < -0.4 is 11.0 Å². The van der Waals surface area contributed by atoms with Gasteiger partial charge in [0.15, 0.2) is 0 Å². The maximum absolute atomic E-state index is 12.7. The molecular formula is C12H15BF3NO3. The van der Waals surface area contributed by atoms with Crippen molar-refractivity contribution in [3.05, 3.63) is 28.2 Å². The van der Waals surface area contributed by atoms with Gasteiger partial charge in [-0.25, -0.2) is 0 Å². The third kappa shape index (κ3) is 2.62. The van der Waals surface area contributed by atoms with Crippen molar-refractivity contribution in [2.45, 2.75) is 45.1 Å². The second kappa shape index (κ2) is 4.36. The molecule has 1 fully saturated rings. The average molecular weight is 289 g/mol. The minimum Gasteiger partial charge on any atom is -0.399 e. The lowest BCUT2D eigenvalue weighted by molar-refractivity contribution is -0.141. The van der Waals surface area contributed by atoms with E-state index < -0.39 is 35.7 Å². The van der Waals surface area contributed by atoms with Crippen LogP contribution in [0.2, 0.25) is 0 Å². The van der Waals surface area contributed by atoms with Crippen LogP contribution >= 0.6 is 0 Å². The Morgan fingerprint density at radius 2 is 1.60 bits per heavy atom. The van der Waals surface area contributed by atoms with Gasteiger partial charge in [-0.2, -0.15) is 13.2 Å². The first kappa shape index (κ1) is 15.1. The predicted octanol–water partition coefficient (Wildman–Crippen LogP) is 1.69. The van der Waals surface area contributed by atoms with Crippen molar-refractivity contribution in [1.82, 2.24) is 4.98 Å². The minimum atomic E-state index is -4.63. The number of halogens is 3. The first-order chi connectivity index (χ1) is 8.92. The molecule has 0 saturated carbocycles. The molecule has 0 bridgehead atoms. The van der Waals surface area contributed by atoms with Crippen molar-refractivity contribution in [3.63, 3.8) is 0 Å². The van der Waals surface area contributed by atoms with Crippen molar-refractivity contribution >= 4 is 12.6 Å². The number of aromatic nitrogens is 1. The Hall–Kier alpha value is -1.28. The lowest BCUT2D eigenvalue weighted by atomic mass is 9.79. The fourth-order valence-corrected chi connectivity index (χ4v) is 1.83. The number of hydrogen-bond acceptors (Lipinski definition) is 3. The minimum absolute atomic E-state index is 0.0553. The van der Waals surface area contributed by atoms with E-state index in [1.54, 1.807) is 32.7 Å². The van der Waals surface area contributed by atoms with Crippen LogP contribution in [0.15, 0.2) is 16.9 Å². The standard InChI is InChI=1S/C12H15BF3NO3/c1-10(2)11(3,4)20-13(19-10)7-5-8(12(14,15)16)17-9(18)6-7/h5-6H,1-4H3,(H,17,18). The summed E-state index contributed by atoms with van der Waals surface area (Å²) in [5.74, 6) is 0. The third-order valence-electron chi connectivity index (χ3n) is 3.70. The number of H-pyrrole nitrogens is 1. The second-order valence-electron chi connectivity index (χ2n) is 5.78. The second-order valence-corrected chi connectivity index (χ2v) is 5.78. The maximum atomic E-state index is 12.7. The Labute approximate surface area is 114 Å². The molecule has 1 aromatic rings. The van der Waals surface area contributed by atoms with Crippen molar-refractivity contribution in [1.29, 1.82) is 0 Å². The van der Waals surface area contributed by atoms with Gasteiger partial charge in [0.05, 0.1) is 11.2 Å². The molecule has 2 rings (SSSR count). The number of alkyl halides is 3. The molecule has 0 aromatic carbocycles. The van der Waals surface area contributed by atoms with Crippen molar-refractivity contribution < 1.29 is 22.5 Å². The highest BCUT2D eigenvalue weighted by atomic mass is 19.4. The monoisotopic (exact) mass is 289 g/mol. The Morgan fingerprint density at radius 3 is 2.05 bits per heavy atom. The molecule has 1 aliphatic rings. The SMILES string of the molecule is CC1(C)OB(c2cc(C(F)(F)F)[nH]c(=O)c2)OC1(C)C. The van der Waals surface area contributed by atoms with Gasteiger partial charge in [0.2, 0.25) is 5.56 Å². The van der Waals surface area contributed by atoms with E-state index in [1.807, 2.05) is 0 Å². The number of pyridine rings is 1. The first-order valence-electron chi connectivity index (χ1n) is 6.09. The smallest absolute Gasteiger partial charge is 0.399 e. The normalized spacial score (nSPS) is 21.2. The van der Waals surface area contributed by atoms with Gasteiger partial charge < -0.3 is 14.3 Å². The van der Waals surface area contributed by atoms with E-state index in [9.17, 15) is 18.0 Å². The van der Waals surface area contributed by atoms with E-state index in [-0.39, 0.29) is 5.46 Å². The van der Waals surface area contributed by atoms with E-state index in [0.717, 1.165) is 12.1 Å². The van der Waals surface area contributed by atoms with Gasteiger partial charge in [-0.1, -0.05) is 0 Å². The molecule has 2 heterocycles. The zero-order valence-electron chi connectivity index (χ0n) is 11.6. The molecule has 0 radical (unpaired) electrons. The van der Waals surface area contributed by atoms with Crippen LogP contribution in [-0.2, 0) is 15.5 Å². The summed E-state index contributed by atoms with van der Waals surface area (Å²) in [6, 6.07) is 1.89. The molecule has 1 aromatic heterocycles. The van der Waals surface area contributed by atoms with Gasteiger partial charge in [-0.15, -0.1) is 0 Å². The molecule has 4 nitrogen and oxygen atoms in total. The molecule has 8 heteroatoms. The zero-order chi connectivity index (χ0) is 15.3. The molecule has 0 aliphatic carbocycles. The molecule has 1 N–H and O–H groups in total. The fourth-order valence-electron chi connectivity index (χ4n) is 1.83. The average Bonchev–Trinajstić information content (AvgIpc) is 2.46. The Balaban J connectivity index is 2.41. The summed E-state index contributed by atoms with van der Waals surface area (Å²) < 4.78 is 49.3. The highest BCUT2D eigenvalue weighted by molar-refractivity contribution is 6.62. The Bertz CT molecular complexity index is 564. The molecule has 20 heavy (non-hydrogen) atoms. The molecule has 1 saturated heterocycles. The lowest BCUT2D eigenvalue weighted by Gasteiger charge is -2.32. The van der Waals surface area contributed by atoms with Crippen LogP contribution in [0.4, 0.5) is 13.2 Å². The van der Waals surface area contributed by atoms with Gasteiger partial charge in [0.1, 0.15) is 5.69 Å². The quantitative estimate of drug-likeness (QED) is 0.800. The summed E-state index contributed by atoms with van der Waals surface area (Å²) in [6.07, 6.45) is -4.63. The van der Waals surface area contributed by atoms with Crippen LogP contribution in [0, 0.1) is 0 Å². The van der Waals surface area contributed by atoms with Gasteiger partial charge in [0, 0.05) is 6.07 Å². The van der Waals surface area contributed by atoms with Crippen LogP contribution in [-0.4, -0.2) is 23.3 Å². The topological polar surface area (TPSA) is 51.3 Å². The summed E-state index contributed by atoms with van der Waals surface area (Å²) in [5, 5.41) is 0. The highest BCUT2D eigenvalue weighted by Gasteiger charge is 2.52. The number of nitrogens with one attached hydrogen (secondary N) is 1. The molecule has 1 aliphatic heterocycles. The maximum Gasteiger partial charge on any atom is 0.495 e. The Kier molecular flexibility index (Phi) is 3.30. The van der Waals surface area contributed by atoms with Crippen LogP contribution in [0.3, 0.4) is 0 Å². The van der Waals surface area contributed by atoms with E-state index in [4.69, 9.17) is 9.31 Å². The van der Waals surface area contributed by atoms with Crippen LogP contribution in [0.5, 0.6) is 0 Å². The molecule has 110 valence electrons. The third-order valence-corrected chi connectivity index (χ3v) is 3.70. The molecular weight excluding hydrogens is 274 g/mol. The predicted molar refractivity (Wildman–Crippen MR) is 67.8 cm³/mol. The van der Waals surface area contributed by atoms with E-state index in [1.165, 1.54) is 0 Å².